The lowest BCUT2D eigenvalue weighted by atomic mass is 10.2. The van der Waals surface area contributed by atoms with Crippen molar-refractivity contribution in [3.05, 3.63) is 11.8 Å². The fourth-order valence-corrected chi connectivity index (χ4v) is 1.92. The number of hydrogen-bond donors (Lipinski definition) is 0. The second-order valence-electron chi connectivity index (χ2n) is 4.19. The largest absolute Gasteiger partial charge is 0.486 e. The first-order chi connectivity index (χ1) is 6.53. The standard InChI is InChI=1S/C11H19NOS/c1-5-14-10-9(7-6-8-12-10)13-11(2,3)4/h7H,5-6,8H2,1-4H3. The Morgan fingerprint density at radius 3 is 2.79 bits per heavy atom. The molecule has 0 N–H and O–H groups in total. The molecule has 0 radical (unpaired) electrons. The quantitative estimate of drug-likeness (QED) is 0.702. The fourth-order valence-electron chi connectivity index (χ4n) is 1.20. The Labute approximate surface area is 90.8 Å². The average molecular weight is 213 g/mol. The lowest BCUT2D eigenvalue weighted by Crippen LogP contribution is -2.22. The minimum absolute atomic E-state index is 0.127. The second kappa shape index (κ2) is 4.87. The van der Waals surface area contributed by atoms with Crippen molar-refractivity contribution in [1.82, 2.24) is 0 Å². The van der Waals surface area contributed by atoms with Gasteiger partial charge in [0.2, 0.25) is 0 Å². The van der Waals surface area contributed by atoms with Gasteiger partial charge in [0.25, 0.3) is 0 Å². The van der Waals surface area contributed by atoms with E-state index in [0.717, 1.165) is 29.5 Å². The Balaban J connectivity index is 2.66. The number of dihydropyridines is 1. The van der Waals surface area contributed by atoms with Gasteiger partial charge >= 0.3 is 0 Å². The van der Waals surface area contributed by atoms with Crippen molar-refractivity contribution in [2.24, 2.45) is 4.99 Å². The van der Waals surface area contributed by atoms with Gasteiger partial charge in [-0.25, -0.2) is 0 Å². The Morgan fingerprint density at radius 2 is 2.21 bits per heavy atom. The zero-order valence-corrected chi connectivity index (χ0v) is 10.3. The van der Waals surface area contributed by atoms with Crippen LogP contribution in [0, 0.1) is 0 Å². The molecule has 0 amide bonds. The van der Waals surface area contributed by atoms with Crippen molar-refractivity contribution in [2.75, 3.05) is 12.3 Å². The van der Waals surface area contributed by atoms with Gasteiger partial charge in [-0.1, -0.05) is 6.92 Å². The van der Waals surface area contributed by atoms with E-state index in [2.05, 4.69) is 38.8 Å². The number of ether oxygens (including phenoxy) is 1. The molecule has 0 unspecified atom stereocenters. The van der Waals surface area contributed by atoms with Crippen LogP contribution in [0.15, 0.2) is 16.8 Å². The van der Waals surface area contributed by atoms with E-state index >= 15 is 0 Å². The summed E-state index contributed by atoms with van der Waals surface area (Å²) in [5.74, 6) is 2.01. The van der Waals surface area contributed by atoms with E-state index in [-0.39, 0.29) is 5.60 Å². The summed E-state index contributed by atoms with van der Waals surface area (Å²) in [5, 5.41) is 1.06. The molecule has 80 valence electrons. The zero-order valence-electron chi connectivity index (χ0n) is 9.46. The summed E-state index contributed by atoms with van der Waals surface area (Å²) in [6.07, 6.45) is 3.15. The summed E-state index contributed by atoms with van der Waals surface area (Å²) < 4.78 is 5.85. The fraction of sp³-hybridized carbons (Fsp3) is 0.727. The van der Waals surface area contributed by atoms with E-state index in [0.29, 0.717) is 0 Å². The van der Waals surface area contributed by atoms with Gasteiger partial charge in [-0.05, 0) is 39.0 Å². The Hall–Kier alpha value is -0.440. The first-order valence-corrected chi connectivity index (χ1v) is 6.08. The van der Waals surface area contributed by atoms with Crippen molar-refractivity contribution < 1.29 is 4.74 Å². The molecule has 0 spiro atoms. The third-order valence-electron chi connectivity index (χ3n) is 1.62. The summed E-state index contributed by atoms with van der Waals surface area (Å²) in [5.41, 5.74) is -0.127. The molecule has 0 aliphatic carbocycles. The molecule has 0 atom stereocenters. The van der Waals surface area contributed by atoms with Crippen LogP contribution in [-0.2, 0) is 4.74 Å². The minimum atomic E-state index is -0.127. The van der Waals surface area contributed by atoms with Crippen molar-refractivity contribution in [2.45, 2.75) is 39.7 Å². The summed E-state index contributed by atoms with van der Waals surface area (Å²) in [6, 6.07) is 0. The van der Waals surface area contributed by atoms with Crippen LogP contribution < -0.4 is 0 Å². The molecule has 1 heterocycles. The van der Waals surface area contributed by atoms with Crippen LogP contribution in [0.25, 0.3) is 0 Å². The summed E-state index contributed by atoms with van der Waals surface area (Å²) in [6.45, 7) is 9.24. The molecule has 0 saturated carbocycles. The van der Waals surface area contributed by atoms with Crippen LogP contribution in [0.4, 0.5) is 0 Å². The summed E-state index contributed by atoms with van der Waals surface area (Å²) in [4.78, 5) is 4.47. The Bertz CT molecular complexity index is 251. The summed E-state index contributed by atoms with van der Waals surface area (Å²) in [7, 11) is 0. The van der Waals surface area contributed by atoms with E-state index in [1.165, 1.54) is 0 Å². The molecule has 2 nitrogen and oxygen atoms in total. The van der Waals surface area contributed by atoms with E-state index in [4.69, 9.17) is 4.74 Å². The molecular weight excluding hydrogens is 194 g/mol. The van der Waals surface area contributed by atoms with Crippen LogP contribution in [0.1, 0.15) is 34.1 Å². The Kier molecular flexibility index (Phi) is 4.05. The van der Waals surface area contributed by atoms with E-state index in [9.17, 15) is 0 Å². The van der Waals surface area contributed by atoms with Crippen LogP contribution in [0.3, 0.4) is 0 Å². The van der Waals surface area contributed by atoms with E-state index in [1.54, 1.807) is 11.8 Å². The molecule has 0 bridgehead atoms. The number of aliphatic imine (C=N–C) groups is 1. The highest BCUT2D eigenvalue weighted by atomic mass is 32.2. The average Bonchev–Trinajstić information content (AvgIpc) is 2.06. The van der Waals surface area contributed by atoms with Gasteiger partial charge < -0.3 is 4.74 Å². The molecule has 0 aromatic rings. The van der Waals surface area contributed by atoms with Gasteiger partial charge in [0.05, 0.1) is 0 Å². The van der Waals surface area contributed by atoms with E-state index in [1.807, 2.05) is 0 Å². The molecule has 14 heavy (non-hydrogen) atoms. The van der Waals surface area contributed by atoms with Gasteiger partial charge in [-0.15, -0.1) is 11.8 Å². The third-order valence-corrected chi connectivity index (χ3v) is 2.51. The maximum Gasteiger partial charge on any atom is 0.147 e. The second-order valence-corrected chi connectivity index (χ2v) is 5.44. The minimum Gasteiger partial charge on any atom is -0.486 e. The highest BCUT2D eigenvalue weighted by Gasteiger charge is 2.19. The predicted molar refractivity (Wildman–Crippen MR) is 64.0 cm³/mol. The molecule has 1 aliphatic rings. The number of thioether (sulfide) groups is 1. The van der Waals surface area contributed by atoms with Crippen LogP contribution in [0.5, 0.6) is 0 Å². The van der Waals surface area contributed by atoms with Gasteiger partial charge in [-0.3, -0.25) is 4.99 Å². The first-order valence-electron chi connectivity index (χ1n) is 5.09. The van der Waals surface area contributed by atoms with Crippen molar-refractivity contribution in [1.29, 1.82) is 0 Å². The third kappa shape index (κ3) is 3.74. The molecule has 0 saturated heterocycles. The van der Waals surface area contributed by atoms with Crippen LogP contribution in [0.2, 0.25) is 0 Å². The Morgan fingerprint density at radius 1 is 1.50 bits per heavy atom. The highest BCUT2D eigenvalue weighted by molar-refractivity contribution is 8.14. The number of nitrogens with zero attached hydrogens (tertiary/aromatic N) is 1. The van der Waals surface area contributed by atoms with Gasteiger partial charge in [0.15, 0.2) is 0 Å². The molecule has 0 aromatic carbocycles. The van der Waals surface area contributed by atoms with Crippen molar-refractivity contribution in [3.63, 3.8) is 0 Å². The van der Waals surface area contributed by atoms with Gasteiger partial charge in [0.1, 0.15) is 16.4 Å². The lowest BCUT2D eigenvalue weighted by Gasteiger charge is -2.25. The molecule has 3 heteroatoms. The maximum atomic E-state index is 5.85. The molecule has 0 aromatic heterocycles. The monoisotopic (exact) mass is 213 g/mol. The number of hydrogen-bond acceptors (Lipinski definition) is 3. The topological polar surface area (TPSA) is 21.6 Å². The number of rotatable bonds is 2. The summed E-state index contributed by atoms with van der Waals surface area (Å²) >= 11 is 1.76. The predicted octanol–water partition coefficient (Wildman–Crippen LogP) is 3.24. The van der Waals surface area contributed by atoms with Crippen molar-refractivity contribution >= 4 is 16.8 Å². The molecule has 1 rings (SSSR count). The first kappa shape index (κ1) is 11.6. The smallest absolute Gasteiger partial charge is 0.147 e. The highest BCUT2D eigenvalue weighted by Crippen LogP contribution is 2.23. The normalized spacial score (nSPS) is 17.4. The van der Waals surface area contributed by atoms with E-state index < -0.39 is 0 Å². The van der Waals surface area contributed by atoms with Gasteiger partial charge in [0, 0.05) is 6.54 Å². The molecule has 1 aliphatic heterocycles. The SMILES string of the molecule is CCSC1=NCCC=C1OC(C)(C)C. The van der Waals surface area contributed by atoms with Crippen LogP contribution in [-0.4, -0.2) is 22.9 Å². The maximum absolute atomic E-state index is 5.85. The molecule has 0 fully saturated rings. The van der Waals surface area contributed by atoms with Crippen molar-refractivity contribution in [3.8, 4) is 0 Å². The lowest BCUT2D eigenvalue weighted by molar-refractivity contribution is 0.0639. The zero-order chi connectivity index (χ0) is 10.6. The molecular formula is C11H19NOS. The van der Waals surface area contributed by atoms with Gasteiger partial charge in [-0.2, -0.15) is 0 Å². The van der Waals surface area contributed by atoms with Crippen LogP contribution >= 0.6 is 11.8 Å².